The molecule has 1 saturated heterocycles. The number of benzene rings is 2. The predicted octanol–water partition coefficient (Wildman–Crippen LogP) is 4.55. The maximum absolute atomic E-state index is 13.4. The Morgan fingerprint density at radius 1 is 1.14 bits per heavy atom. The van der Waals surface area contributed by atoms with Gasteiger partial charge in [0.1, 0.15) is 0 Å². The average molecular weight is 622 g/mol. The molecular formula is C29H31ClF3N5O5. The summed E-state index contributed by atoms with van der Waals surface area (Å²) in [7, 11) is 1.66. The van der Waals surface area contributed by atoms with Gasteiger partial charge in [0.2, 0.25) is 5.89 Å². The number of aliphatic carboxylic acids is 1. The Hall–Kier alpha value is -3.81. The molecule has 0 radical (unpaired) electrons. The van der Waals surface area contributed by atoms with Crippen LogP contribution in [-0.4, -0.2) is 74.9 Å². The highest BCUT2D eigenvalue weighted by molar-refractivity contribution is 6.30. The van der Waals surface area contributed by atoms with Crippen molar-refractivity contribution in [3.63, 3.8) is 0 Å². The van der Waals surface area contributed by atoms with Crippen LogP contribution in [0.3, 0.4) is 0 Å². The number of aromatic nitrogens is 4. The lowest BCUT2D eigenvalue weighted by Crippen LogP contribution is -2.38. The van der Waals surface area contributed by atoms with E-state index in [1.54, 1.807) is 11.8 Å². The molecule has 1 aliphatic rings. The van der Waals surface area contributed by atoms with Gasteiger partial charge in [0.15, 0.2) is 5.82 Å². The van der Waals surface area contributed by atoms with Crippen LogP contribution in [0.25, 0.3) is 10.8 Å². The number of likely N-dealkylation sites (tertiary alicyclic amines) is 1. The van der Waals surface area contributed by atoms with Crippen LogP contribution in [0.5, 0.6) is 0 Å². The lowest BCUT2D eigenvalue weighted by molar-refractivity contribution is -0.192. The van der Waals surface area contributed by atoms with Gasteiger partial charge in [-0.1, -0.05) is 47.1 Å². The summed E-state index contributed by atoms with van der Waals surface area (Å²) < 4.78 is 43.9. The van der Waals surface area contributed by atoms with Gasteiger partial charge in [0.25, 0.3) is 5.56 Å². The number of rotatable bonds is 10. The third-order valence-corrected chi connectivity index (χ3v) is 7.26. The van der Waals surface area contributed by atoms with E-state index in [0.717, 1.165) is 42.6 Å². The first kappa shape index (κ1) is 32.1. The standard InChI is InChI=1S/C27H30ClN5O3.C2HF3O2/c1-35-16-13-25-29-26(36-31-25)12-15-32-14-4-5-21(32)18-33-27(34)23-7-3-2-6-22(23)24(30-33)17-19-8-10-20(28)11-9-19;3-2(4,5)1(6)7/h2-3,6-11,21H,4-5,12-18H2,1H3;(H,6,7)/t21-;/m1./s1. The minimum atomic E-state index is -5.08. The first-order valence-corrected chi connectivity index (χ1v) is 14.0. The second kappa shape index (κ2) is 14.6. The van der Waals surface area contributed by atoms with Crippen LogP contribution in [0.1, 0.15) is 35.8 Å². The minimum absolute atomic E-state index is 0.0445. The Balaban J connectivity index is 0.000000541. The van der Waals surface area contributed by atoms with Crippen LogP contribution in [0.2, 0.25) is 5.02 Å². The summed E-state index contributed by atoms with van der Waals surface area (Å²) in [5.41, 5.74) is 1.96. The predicted molar refractivity (Wildman–Crippen MR) is 152 cm³/mol. The van der Waals surface area contributed by atoms with E-state index in [0.29, 0.717) is 54.5 Å². The highest BCUT2D eigenvalue weighted by Crippen LogP contribution is 2.22. The van der Waals surface area contributed by atoms with E-state index in [1.807, 2.05) is 48.5 Å². The third-order valence-electron chi connectivity index (χ3n) is 7.01. The first-order valence-electron chi connectivity index (χ1n) is 13.6. The molecule has 0 saturated carbocycles. The molecule has 4 aromatic rings. The average Bonchev–Trinajstić information content (AvgIpc) is 3.63. The molecule has 0 amide bonds. The Labute approximate surface area is 250 Å². The van der Waals surface area contributed by atoms with Gasteiger partial charge < -0.3 is 14.4 Å². The summed E-state index contributed by atoms with van der Waals surface area (Å²) in [6, 6.07) is 15.7. The zero-order chi connectivity index (χ0) is 31.0. The van der Waals surface area contributed by atoms with Crippen molar-refractivity contribution >= 4 is 28.3 Å². The smallest absolute Gasteiger partial charge is 0.475 e. The fourth-order valence-electron chi connectivity index (χ4n) is 4.88. The maximum atomic E-state index is 13.4. The molecule has 0 unspecified atom stereocenters. The normalized spacial score (nSPS) is 15.4. The molecule has 14 heteroatoms. The SMILES string of the molecule is COCCc1noc(CCN2CCC[C@@H]2Cn2nc(Cc3ccc(Cl)cc3)c3ccccc3c2=O)n1.O=C(O)C(F)(F)F. The molecule has 1 atom stereocenters. The zero-order valence-electron chi connectivity index (χ0n) is 23.4. The summed E-state index contributed by atoms with van der Waals surface area (Å²) in [5.74, 6) is -1.45. The van der Waals surface area contributed by atoms with Crippen molar-refractivity contribution in [1.29, 1.82) is 0 Å². The number of hydrogen-bond donors (Lipinski definition) is 1. The van der Waals surface area contributed by atoms with E-state index in [2.05, 4.69) is 15.0 Å². The monoisotopic (exact) mass is 621 g/mol. The highest BCUT2D eigenvalue weighted by Gasteiger charge is 2.38. The Kier molecular flexibility index (Phi) is 10.9. The number of halogens is 4. The second-order valence-corrected chi connectivity index (χ2v) is 10.5. The van der Waals surface area contributed by atoms with E-state index in [1.165, 1.54) is 0 Å². The molecule has 0 bridgehead atoms. The van der Waals surface area contributed by atoms with Crippen LogP contribution in [0.4, 0.5) is 13.2 Å². The van der Waals surface area contributed by atoms with Crippen LogP contribution in [0, 0.1) is 0 Å². The molecule has 0 aliphatic carbocycles. The summed E-state index contributed by atoms with van der Waals surface area (Å²) in [4.78, 5) is 29.1. The molecule has 5 rings (SSSR count). The molecule has 230 valence electrons. The van der Waals surface area contributed by atoms with Crippen molar-refractivity contribution in [2.45, 2.75) is 50.9 Å². The largest absolute Gasteiger partial charge is 0.490 e. The zero-order valence-corrected chi connectivity index (χ0v) is 24.1. The number of carboxylic acids is 1. The molecule has 0 spiro atoms. The lowest BCUT2D eigenvalue weighted by Gasteiger charge is -2.24. The quantitative estimate of drug-likeness (QED) is 0.272. The Morgan fingerprint density at radius 2 is 1.84 bits per heavy atom. The summed E-state index contributed by atoms with van der Waals surface area (Å²) in [6.45, 7) is 2.91. The number of fused-ring (bicyclic) bond motifs is 1. The molecular weight excluding hydrogens is 591 g/mol. The number of nitrogens with zero attached hydrogens (tertiary/aromatic N) is 5. The van der Waals surface area contributed by atoms with E-state index in [-0.39, 0.29) is 11.6 Å². The van der Waals surface area contributed by atoms with Crippen molar-refractivity contribution in [3.8, 4) is 0 Å². The van der Waals surface area contributed by atoms with Crippen molar-refractivity contribution in [3.05, 3.63) is 86.9 Å². The highest BCUT2D eigenvalue weighted by atomic mass is 35.5. The van der Waals surface area contributed by atoms with Crippen LogP contribution in [0.15, 0.2) is 57.8 Å². The van der Waals surface area contributed by atoms with Gasteiger partial charge in [0, 0.05) is 49.4 Å². The van der Waals surface area contributed by atoms with Gasteiger partial charge in [-0.05, 0) is 43.1 Å². The number of carboxylic acid groups (broad SMARTS) is 1. The van der Waals surface area contributed by atoms with Crippen LogP contribution < -0.4 is 5.56 Å². The van der Waals surface area contributed by atoms with Crippen molar-refractivity contribution in [2.24, 2.45) is 0 Å². The lowest BCUT2D eigenvalue weighted by atomic mass is 10.0. The molecule has 10 nitrogen and oxygen atoms in total. The van der Waals surface area contributed by atoms with E-state index >= 15 is 0 Å². The third kappa shape index (κ3) is 8.85. The van der Waals surface area contributed by atoms with E-state index < -0.39 is 12.1 Å². The van der Waals surface area contributed by atoms with Gasteiger partial charge in [-0.25, -0.2) is 9.48 Å². The molecule has 2 aromatic heterocycles. The number of alkyl halides is 3. The molecule has 1 N–H and O–H groups in total. The van der Waals surface area contributed by atoms with Gasteiger partial charge in [-0.3, -0.25) is 9.69 Å². The van der Waals surface area contributed by atoms with Crippen molar-refractivity contribution in [2.75, 3.05) is 26.8 Å². The van der Waals surface area contributed by atoms with Gasteiger partial charge in [0.05, 0.1) is 24.2 Å². The number of hydrogen-bond acceptors (Lipinski definition) is 8. The van der Waals surface area contributed by atoms with E-state index in [9.17, 15) is 18.0 Å². The van der Waals surface area contributed by atoms with Gasteiger partial charge in [-0.15, -0.1) is 0 Å². The van der Waals surface area contributed by atoms with Gasteiger partial charge in [-0.2, -0.15) is 23.3 Å². The number of carbonyl (C=O) groups is 1. The fraction of sp³-hybridized carbons (Fsp3) is 0.414. The van der Waals surface area contributed by atoms with Crippen LogP contribution in [-0.2, 0) is 35.3 Å². The first-order chi connectivity index (χ1) is 20.5. The molecule has 43 heavy (non-hydrogen) atoms. The second-order valence-electron chi connectivity index (χ2n) is 10.0. The number of ether oxygens (including phenoxy) is 1. The fourth-order valence-corrected chi connectivity index (χ4v) is 5.00. The Morgan fingerprint density at radius 3 is 2.51 bits per heavy atom. The van der Waals surface area contributed by atoms with Gasteiger partial charge >= 0.3 is 12.1 Å². The topological polar surface area (TPSA) is 124 Å². The number of methoxy groups -OCH3 is 1. The summed E-state index contributed by atoms with van der Waals surface area (Å²) in [5, 5.41) is 18.3. The minimum Gasteiger partial charge on any atom is -0.475 e. The molecule has 1 aliphatic heterocycles. The summed E-state index contributed by atoms with van der Waals surface area (Å²) in [6.07, 6.45) is -1.02. The molecule has 2 aromatic carbocycles. The molecule has 3 heterocycles. The van der Waals surface area contributed by atoms with E-state index in [4.69, 9.17) is 35.9 Å². The molecule has 1 fully saturated rings. The summed E-state index contributed by atoms with van der Waals surface area (Å²) >= 11 is 6.07. The maximum Gasteiger partial charge on any atom is 0.490 e. The van der Waals surface area contributed by atoms with Crippen molar-refractivity contribution < 1.29 is 32.3 Å². The van der Waals surface area contributed by atoms with Crippen LogP contribution >= 0.6 is 11.6 Å². The van der Waals surface area contributed by atoms with Crippen molar-refractivity contribution in [1.82, 2.24) is 24.8 Å². The Bertz CT molecular complexity index is 1580.